The molecule has 0 aliphatic carbocycles. The molecule has 2 N–H and O–H groups in total. The zero-order chi connectivity index (χ0) is 21.3. The normalized spacial score (nSPS) is 12.3. The molecule has 10 heteroatoms. The lowest BCUT2D eigenvalue weighted by Crippen LogP contribution is -2.46. The Labute approximate surface area is 157 Å². The number of ketones is 1. The summed E-state index contributed by atoms with van der Waals surface area (Å²) in [6.07, 6.45) is 0. The third-order valence-corrected chi connectivity index (χ3v) is 12.8. The van der Waals surface area contributed by atoms with Crippen LogP contribution in [0.25, 0.3) is 0 Å². The molecule has 27 heavy (non-hydrogen) atoms. The van der Waals surface area contributed by atoms with Gasteiger partial charge in [0.2, 0.25) is 11.6 Å². The van der Waals surface area contributed by atoms with Crippen LogP contribution < -0.4 is 4.65 Å². The van der Waals surface area contributed by atoms with Crippen molar-refractivity contribution in [2.24, 2.45) is 0 Å². The highest BCUT2D eigenvalue weighted by Crippen LogP contribution is 2.45. The molecule has 1 rings (SSSR count). The van der Waals surface area contributed by atoms with Gasteiger partial charge in [0, 0.05) is 6.04 Å². The van der Waals surface area contributed by atoms with E-state index in [1.54, 1.807) is 0 Å². The highest BCUT2D eigenvalue weighted by atomic mass is 28.3. The van der Waals surface area contributed by atoms with Crippen molar-refractivity contribution in [1.29, 1.82) is 0 Å². The van der Waals surface area contributed by atoms with E-state index in [4.69, 9.17) is 10.0 Å². The van der Waals surface area contributed by atoms with E-state index in [-0.39, 0.29) is 22.7 Å². The lowest BCUT2D eigenvalue weighted by Gasteiger charge is -2.42. The van der Waals surface area contributed by atoms with Gasteiger partial charge in [-0.05, 0) is 0 Å². The first kappa shape index (κ1) is 23.7. The minimum absolute atomic E-state index is 0.0920. The van der Waals surface area contributed by atoms with E-state index in [1.165, 1.54) is 0 Å². The van der Waals surface area contributed by atoms with Crippen LogP contribution in [0.1, 0.15) is 51.9 Å². The Morgan fingerprint density at radius 2 is 1.26 bits per heavy atom. The quantitative estimate of drug-likeness (QED) is 0.289. The first-order valence-corrected chi connectivity index (χ1v) is 11.1. The summed E-state index contributed by atoms with van der Waals surface area (Å²) >= 11 is 0. The van der Waals surface area contributed by atoms with Crippen LogP contribution in [-0.2, 0) is 0 Å². The average molecular weight is 408 g/mol. The van der Waals surface area contributed by atoms with Gasteiger partial charge in [-0.3, -0.25) is 4.79 Å². The second kappa shape index (κ2) is 8.74. The molecular formula is C17H25BF4O4Si. The van der Waals surface area contributed by atoms with Crippen LogP contribution in [-0.4, -0.2) is 31.2 Å². The Bertz CT molecular complexity index is 660. The Morgan fingerprint density at radius 3 is 1.56 bits per heavy atom. The number of benzene rings is 1. The molecule has 4 nitrogen and oxygen atoms in total. The van der Waals surface area contributed by atoms with E-state index in [0.29, 0.717) is 0 Å². The first-order chi connectivity index (χ1) is 12.3. The highest BCUT2D eigenvalue weighted by molar-refractivity contribution is 6.86. The van der Waals surface area contributed by atoms with Gasteiger partial charge in [0.05, 0.1) is 13.6 Å². The molecule has 0 saturated heterocycles. The molecule has 0 saturated carbocycles. The first-order valence-electron chi connectivity index (χ1n) is 8.70. The molecular weight excluding hydrogens is 383 g/mol. The smallest absolute Gasteiger partial charge is 0.507 e. The molecule has 0 aliphatic heterocycles. The molecule has 152 valence electrons. The molecule has 0 atom stereocenters. The van der Waals surface area contributed by atoms with Gasteiger partial charge in [-0.15, -0.1) is 0 Å². The monoisotopic (exact) mass is 408 g/mol. The minimum atomic E-state index is -2.68. The maximum Gasteiger partial charge on any atom is 0.707 e. The Hall–Kier alpha value is -1.39. The highest BCUT2D eigenvalue weighted by Gasteiger charge is 2.45. The SMILES string of the molecule is CC(C)[Si](CC(=O)c1c(F)c(F)c(OB(O)O)c(F)c1F)(C(C)C)C(C)C. The lowest BCUT2D eigenvalue weighted by molar-refractivity contribution is 0.0999. The van der Waals surface area contributed by atoms with E-state index in [1.807, 2.05) is 41.5 Å². The summed E-state index contributed by atoms with van der Waals surface area (Å²) in [5, 5.41) is 17.3. The molecule has 0 amide bonds. The molecule has 0 spiro atoms. The number of halogens is 4. The second-order valence-corrected chi connectivity index (χ2v) is 13.6. The predicted octanol–water partition coefficient (Wildman–Crippen LogP) is 4.45. The van der Waals surface area contributed by atoms with Crippen molar-refractivity contribution < 1.29 is 37.1 Å². The van der Waals surface area contributed by atoms with Crippen LogP contribution in [0, 0.1) is 23.3 Å². The summed E-state index contributed by atoms with van der Waals surface area (Å²) in [5.74, 6) is -10.4. The number of carbonyl (C=O) groups excluding carboxylic acids is 1. The Balaban J connectivity index is 3.52. The van der Waals surface area contributed by atoms with E-state index in [2.05, 4.69) is 4.65 Å². The zero-order valence-electron chi connectivity index (χ0n) is 16.2. The third kappa shape index (κ3) is 4.38. The summed E-state index contributed by atoms with van der Waals surface area (Å²) < 4.78 is 60.8. The van der Waals surface area contributed by atoms with Crippen molar-refractivity contribution in [2.75, 3.05) is 0 Å². The number of Topliss-reactive ketones (excluding diaryl/α,β-unsaturated/α-hetero) is 1. The van der Waals surface area contributed by atoms with Gasteiger partial charge in [-0.1, -0.05) is 58.2 Å². The van der Waals surface area contributed by atoms with Crippen LogP contribution in [0.4, 0.5) is 17.6 Å². The van der Waals surface area contributed by atoms with Crippen LogP contribution in [0.3, 0.4) is 0 Å². The Kier molecular flexibility index (Phi) is 7.66. The van der Waals surface area contributed by atoms with Crippen LogP contribution in [0.5, 0.6) is 5.75 Å². The zero-order valence-corrected chi connectivity index (χ0v) is 17.2. The van der Waals surface area contributed by atoms with Crippen molar-refractivity contribution in [2.45, 2.75) is 64.2 Å². The topological polar surface area (TPSA) is 66.8 Å². The van der Waals surface area contributed by atoms with Gasteiger partial charge in [-0.25, -0.2) is 8.78 Å². The Morgan fingerprint density at radius 1 is 0.889 bits per heavy atom. The van der Waals surface area contributed by atoms with Gasteiger partial charge in [0.15, 0.2) is 23.2 Å². The van der Waals surface area contributed by atoms with E-state index in [9.17, 15) is 22.4 Å². The number of hydrogen-bond acceptors (Lipinski definition) is 4. The molecule has 0 unspecified atom stereocenters. The van der Waals surface area contributed by atoms with Gasteiger partial charge < -0.3 is 14.7 Å². The van der Waals surface area contributed by atoms with E-state index < -0.39 is 55.8 Å². The van der Waals surface area contributed by atoms with Gasteiger partial charge in [0.1, 0.15) is 0 Å². The average Bonchev–Trinajstić information content (AvgIpc) is 2.53. The fraction of sp³-hybridized carbons (Fsp3) is 0.588. The molecule has 1 aromatic carbocycles. The van der Waals surface area contributed by atoms with Gasteiger partial charge >= 0.3 is 7.32 Å². The standard InChI is InChI=1S/C17H25BF4O4Si/c1-8(2)27(9(3)4,10(5)6)7-11(23)12-13(19)15(21)17(26-18(24)25)16(22)14(12)20/h8-10,24-25H,7H2,1-6H3. The minimum Gasteiger partial charge on any atom is -0.507 e. The summed E-state index contributed by atoms with van der Waals surface area (Å²) in [4.78, 5) is 12.7. The molecule has 1 aromatic rings. The van der Waals surface area contributed by atoms with Crippen LogP contribution in [0.2, 0.25) is 22.7 Å². The fourth-order valence-electron chi connectivity index (χ4n) is 4.04. The molecule has 0 aromatic heterocycles. The number of rotatable bonds is 8. The molecule has 0 aliphatic rings. The van der Waals surface area contributed by atoms with Crippen molar-refractivity contribution in [1.82, 2.24) is 0 Å². The second-order valence-electron chi connectivity index (χ2n) is 7.58. The number of hydrogen-bond donors (Lipinski definition) is 2. The van der Waals surface area contributed by atoms with Crippen molar-refractivity contribution >= 4 is 21.2 Å². The maximum absolute atomic E-state index is 14.4. The fourth-order valence-corrected chi connectivity index (χ4v) is 10.0. The van der Waals surface area contributed by atoms with Crippen LogP contribution in [0.15, 0.2) is 0 Å². The van der Waals surface area contributed by atoms with Crippen molar-refractivity contribution in [3.05, 3.63) is 28.8 Å². The van der Waals surface area contributed by atoms with Crippen molar-refractivity contribution in [3.63, 3.8) is 0 Å². The largest absolute Gasteiger partial charge is 0.707 e. The van der Waals surface area contributed by atoms with Crippen LogP contribution >= 0.6 is 0 Å². The summed E-state index contributed by atoms with van der Waals surface area (Å²) in [6.45, 7) is 11.6. The lowest BCUT2D eigenvalue weighted by atomic mass is 10.1. The van der Waals surface area contributed by atoms with E-state index in [0.717, 1.165) is 0 Å². The molecule has 0 radical (unpaired) electrons. The number of carbonyl (C=O) groups is 1. The van der Waals surface area contributed by atoms with E-state index >= 15 is 0 Å². The van der Waals surface area contributed by atoms with Gasteiger partial charge in [0.25, 0.3) is 0 Å². The third-order valence-electron chi connectivity index (χ3n) is 5.42. The summed E-state index contributed by atoms with van der Waals surface area (Å²) in [5.41, 5.74) is -1.03. The summed E-state index contributed by atoms with van der Waals surface area (Å²) in [7, 11) is -5.12. The van der Waals surface area contributed by atoms with Gasteiger partial charge in [-0.2, -0.15) is 8.78 Å². The summed E-state index contributed by atoms with van der Waals surface area (Å²) in [6, 6.07) is -0.171. The molecule has 0 heterocycles. The molecule has 0 bridgehead atoms. The maximum atomic E-state index is 14.4. The van der Waals surface area contributed by atoms with Crippen molar-refractivity contribution in [3.8, 4) is 5.75 Å². The predicted molar refractivity (Wildman–Crippen MR) is 97.3 cm³/mol. The molecule has 0 fully saturated rings.